The van der Waals surface area contributed by atoms with Gasteiger partial charge in [0, 0.05) is 24.2 Å². The van der Waals surface area contributed by atoms with Crippen molar-refractivity contribution in [2.24, 2.45) is 0 Å². The fraction of sp³-hybridized carbons (Fsp3) is 0.231. The van der Waals surface area contributed by atoms with Crippen molar-refractivity contribution in [1.29, 1.82) is 0 Å². The van der Waals surface area contributed by atoms with Crippen LogP contribution in [0.25, 0.3) is 0 Å². The minimum atomic E-state index is -0.576. The standard InChI is InChI=1S/C13H13N3O3S/c1-2-19-12(18)10-6-11(17)16-13(15-10)20-8-9-4-3-5-14-7-9/h3-7H,2,8H2,1H3,(H,15,16,17). The van der Waals surface area contributed by atoms with Gasteiger partial charge in [-0.15, -0.1) is 0 Å². The molecular weight excluding hydrogens is 278 g/mol. The molecule has 0 bridgehead atoms. The third-order valence-electron chi connectivity index (χ3n) is 2.27. The highest BCUT2D eigenvalue weighted by molar-refractivity contribution is 7.98. The van der Waals surface area contributed by atoms with Gasteiger partial charge in [-0.25, -0.2) is 9.78 Å². The Morgan fingerprint density at radius 3 is 3.00 bits per heavy atom. The maximum Gasteiger partial charge on any atom is 0.357 e. The van der Waals surface area contributed by atoms with Crippen LogP contribution >= 0.6 is 11.8 Å². The Balaban J connectivity index is 2.10. The monoisotopic (exact) mass is 291 g/mol. The smallest absolute Gasteiger partial charge is 0.357 e. The molecule has 2 rings (SSSR count). The molecule has 0 aliphatic carbocycles. The van der Waals surface area contributed by atoms with Gasteiger partial charge < -0.3 is 9.84 Å². The van der Waals surface area contributed by atoms with Gasteiger partial charge in [0.25, 0.3) is 0 Å². The number of pyridine rings is 1. The van der Waals surface area contributed by atoms with E-state index in [0.29, 0.717) is 10.9 Å². The quantitative estimate of drug-likeness (QED) is 0.512. The second-order valence-electron chi connectivity index (χ2n) is 3.76. The number of aromatic nitrogens is 3. The molecule has 0 amide bonds. The van der Waals surface area contributed by atoms with Crippen LogP contribution in [0.3, 0.4) is 0 Å². The first-order chi connectivity index (χ1) is 9.69. The number of thioether (sulfide) groups is 1. The number of aromatic hydroxyl groups is 1. The third kappa shape index (κ3) is 3.92. The summed E-state index contributed by atoms with van der Waals surface area (Å²) in [6, 6.07) is 4.95. The molecule has 0 unspecified atom stereocenters. The zero-order valence-electron chi connectivity index (χ0n) is 10.8. The second kappa shape index (κ2) is 6.85. The van der Waals surface area contributed by atoms with E-state index in [1.54, 1.807) is 19.3 Å². The molecule has 0 spiro atoms. The lowest BCUT2D eigenvalue weighted by atomic mass is 10.3. The Bertz CT molecular complexity index is 593. The highest BCUT2D eigenvalue weighted by atomic mass is 32.2. The molecule has 1 N–H and O–H groups in total. The van der Waals surface area contributed by atoms with E-state index in [2.05, 4.69) is 15.0 Å². The molecule has 0 saturated heterocycles. The normalized spacial score (nSPS) is 10.2. The van der Waals surface area contributed by atoms with Crippen LogP contribution in [-0.2, 0) is 10.5 Å². The van der Waals surface area contributed by atoms with Crippen LogP contribution in [0, 0.1) is 0 Å². The maximum atomic E-state index is 11.6. The summed E-state index contributed by atoms with van der Waals surface area (Å²) >= 11 is 1.31. The van der Waals surface area contributed by atoms with Crippen LogP contribution in [-0.4, -0.2) is 32.6 Å². The zero-order chi connectivity index (χ0) is 14.4. The average Bonchev–Trinajstić information content (AvgIpc) is 2.46. The Morgan fingerprint density at radius 2 is 2.30 bits per heavy atom. The van der Waals surface area contributed by atoms with E-state index < -0.39 is 5.97 Å². The van der Waals surface area contributed by atoms with Crippen molar-refractivity contribution in [3.05, 3.63) is 41.9 Å². The van der Waals surface area contributed by atoms with E-state index >= 15 is 0 Å². The lowest BCUT2D eigenvalue weighted by Gasteiger charge is -2.04. The molecule has 0 saturated carbocycles. The summed E-state index contributed by atoms with van der Waals surface area (Å²) in [6.07, 6.45) is 3.43. The molecule has 104 valence electrons. The summed E-state index contributed by atoms with van der Waals surface area (Å²) in [4.78, 5) is 23.5. The number of hydrogen-bond donors (Lipinski definition) is 1. The summed E-state index contributed by atoms with van der Waals surface area (Å²) in [5.74, 6) is -0.232. The van der Waals surface area contributed by atoms with E-state index in [4.69, 9.17) is 4.74 Å². The van der Waals surface area contributed by atoms with Crippen molar-refractivity contribution in [2.75, 3.05) is 6.61 Å². The van der Waals surface area contributed by atoms with Gasteiger partial charge in [0.05, 0.1) is 6.61 Å². The molecule has 0 aliphatic rings. The van der Waals surface area contributed by atoms with Gasteiger partial charge in [0.2, 0.25) is 5.88 Å². The molecule has 2 aromatic heterocycles. The largest absolute Gasteiger partial charge is 0.493 e. The third-order valence-corrected chi connectivity index (χ3v) is 3.19. The van der Waals surface area contributed by atoms with Gasteiger partial charge >= 0.3 is 5.97 Å². The predicted molar refractivity (Wildman–Crippen MR) is 73.5 cm³/mol. The summed E-state index contributed by atoms with van der Waals surface area (Å²) in [5.41, 5.74) is 1.05. The molecule has 2 heterocycles. The van der Waals surface area contributed by atoms with Crippen LogP contribution < -0.4 is 0 Å². The Kier molecular flexibility index (Phi) is 4.89. The van der Waals surface area contributed by atoms with Gasteiger partial charge in [-0.3, -0.25) is 4.98 Å². The van der Waals surface area contributed by atoms with E-state index in [9.17, 15) is 9.90 Å². The molecule has 20 heavy (non-hydrogen) atoms. The molecule has 0 aromatic carbocycles. The molecule has 0 fully saturated rings. The predicted octanol–water partition coefficient (Wildman–Crippen LogP) is 2.05. The topological polar surface area (TPSA) is 85.2 Å². The minimum Gasteiger partial charge on any atom is -0.493 e. The molecule has 2 aromatic rings. The summed E-state index contributed by atoms with van der Waals surface area (Å²) < 4.78 is 4.84. The number of esters is 1. The van der Waals surface area contributed by atoms with Crippen LogP contribution in [0.4, 0.5) is 0 Å². The van der Waals surface area contributed by atoms with E-state index in [1.165, 1.54) is 17.8 Å². The maximum absolute atomic E-state index is 11.6. The Hall–Kier alpha value is -2.15. The van der Waals surface area contributed by atoms with Crippen molar-refractivity contribution in [3.63, 3.8) is 0 Å². The van der Waals surface area contributed by atoms with Crippen molar-refractivity contribution in [1.82, 2.24) is 15.0 Å². The molecule has 6 nitrogen and oxygen atoms in total. The fourth-order valence-electron chi connectivity index (χ4n) is 1.42. The molecule has 7 heteroatoms. The number of rotatable bonds is 5. The Morgan fingerprint density at radius 1 is 1.45 bits per heavy atom. The Labute approximate surface area is 120 Å². The lowest BCUT2D eigenvalue weighted by Crippen LogP contribution is -2.08. The highest BCUT2D eigenvalue weighted by Gasteiger charge is 2.12. The summed E-state index contributed by atoms with van der Waals surface area (Å²) in [7, 11) is 0. The van der Waals surface area contributed by atoms with E-state index in [0.717, 1.165) is 5.56 Å². The van der Waals surface area contributed by atoms with Crippen LogP contribution in [0.1, 0.15) is 23.0 Å². The lowest BCUT2D eigenvalue weighted by molar-refractivity contribution is 0.0517. The van der Waals surface area contributed by atoms with Crippen molar-refractivity contribution in [2.45, 2.75) is 17.8 Å². The van der Waals surface area contributed by atoms with E-state index in [1.807, 2.05) is 12.1 Å². The van der Waals surface area contributed by atoms with Gasteiger partial charge in [-0.2, -0.15) is 4.98 Å². The molecule has 0 aliphatic heterocycles. The van der Waals surface area contributed by atoms with Crippen molar-refractivity contribution < 1.29 is 14.6 Å². The number of nitrogens with zero attached hydrogens (tertiary/aromatic N) is 3. The van der Waals surface area contributed by atoms with Crippen molar-refractivity contribution >= 4 is 17.7 Å². The van der Waals surface area contributed by atoms with Gasteiger partial charge in [0.15, 0.2) is 10.9 Å². The number of hydrogen-bond acceptors (Lipinski definition) is 7. The average molecular weight is 291 g/mol. The molecule has 0 radical (unpaired) electrons. The van der Waals surface area contributed by atoms with Gasteiger partial charge in [0.1, 0.15) is 0 Å². The zero-order valence-corrected chi connectivity index (χ0v) is 11.6. The first kappa shape index (κ1) is 14.3. The van der Waals surface area contributed by atoms with Crippen molar-refractivity contribution in [3.8, 4) is 5.88 Å². The molecular formula is C13H13N3O3S. The SMILES string of the molecule is CCOC(=O)c1cc(O)nc(SCc2cccnc2)n1. The summed E-state index contributed by atoms with van der Waals surface area (Å²) in [5, 5.41) is 9.84. The number of carbonyl (C=O) groups excluding carboxylic acids is 1. The van der Waals surface area contributed by atoms with Crippen LogP contribution in [0.2, 0.25) is 0 Å². The fourth-order valence-corrected chi connectivity index (χ4v) is 2.21. The second-order valence-corrected chi connectivity index (χ2v) is 4.71. The van der Waals surface area contributed by atoms with E-state index in [-0.39, 0.29) is 18.2 Å². The highest BCUT2D eigenvalue weighted by Crippen LogP contribution is 2.21. The number of ether oxygens (including phenoxy) is 1. The minimum absolute atomic E-state index is 0.0491. The van der Waals surface area contributed by atoms with Gasteiger partial charge in [-0.1, -0.05) is 17.8 Å². The number of carbonyl (C=O) groups is 1. The van der Waals surface area contributed by atoms with Crippen LogP contribution in [0.5, 0.6) is 5.88 Å². The van der Waals surface area contributed by atoms with Gasteiger partial charge in [-0.05, 0) is 18.6 Å². The first-order valence-electron chi connectivity index (χ1n) is 5.96. The summed E-state index contributed by atoms with van der Waals surface area (Å²) in [6.45, 7) is 1.96. The molecule has 0 atom stereocenters. The van der Waals surface area contributed by atoms with Crippen LogP contribution in [0.15, 0.2) is 35.7 Å². The first-order valence-corrected chi connectivity index (χ1v) is 6.94.